The quantitative estimate of drug-likeness (QED) is 0.837. The van der Waals surface area contributed by atoms with Gasteiger partial charge in [-0.3, -0.25) is 10.3 Å². The normalized spacial score (nSPS) is 11.2. The number of benzene rings is 2. The highest BCUT2D eigenvalue weighted by Crippen LogP contribution is 2.29. The maximum absolute atomic E-state index is 12.6. The number of alkyl halides is 3. The second-order valence-corrected chi connectivity index (χ2v) is 4.32. The van der Waals surface area contributed by atoms with E-state index < -0.39 is 11.7 Å². The van der Waals surface area contributed by atoms with E-state index in [2.05, 4.69) is 5.48 Å². The fourth-order valence-electron chi connectivity index (χ4n) is 1.77. The third kappa shape index (κ3) is 4.39. The van der Waals surface area contributed by atoms with Gasteiger partial charge >= 0.3 is 6.18 Å². The van der Waals surface area contributed by atoms with Gasteiger partial charge in [0, 0.05) is 6.07 Å². The molecule has 112 valence electrons. The van der Waals surface area contributed by atoms with Crippen LogP contribution in [0, 0.1) is 0 Å². The van der Waals surface area contributed by atoms with Gasteiger partial charge in [0.05, 0.1) is 18.4 Å². The second-order valence-electron chi connectivity index (χ2n) is 4.32. The van der Waals surface area contributed by atoms with Crippen LogP contribution < -0.4 is 10.2 Å². The molecule has 0 bridgehead atoms. The van der Waals surface area contributed by atoms with Gasteiger partial charge in [0.1, 0.15) is 12.4 Å². The third-order valence-corrected chi connectivity index (χ3v) is 2.71. The molecule has 0 amide bonds. The molecule has 3 nitrogen and oxygen atoms in total. The number of hydrogen-bond donors (Lipinski definition) is 1. The van der Waals surface area contributed by atoms with Crippen LogP contribution in [0.5, 0.6) is 5.75 Å². The first kappa shape index (κ1) is 15.2. The molecule has 0 atom stereocenters. The minimum Gasteiger partial charge on any atom is -0.489 e. The Bertz CT molecular complexity index is 599. The summed E-state index contributed by atoms with van der Waals surface area (Å²) in [5.41, 5.74) is 3.11. The van der Waals surface area contributed by atoms with Crippen molar-refractivity contribution in [1.82, 2.24) is 0 Å². The van der Waals surface area contributed by atoms with Crippen molar-refractivity contribution in [2.75, 3.05) is 12.6 Å². The van der Waals surface area contributed by atoms with Crippen LogP contribution in [0.3, 0.4) is 0 Å². The van der Waals surface area contributed by atoms with Crippen LogP contribution in [0.15, 0.2) is 48.5 Å². The van der Waals surface area contributed by atoms with Gasteiger partial charge in [0.2, 0.25) is 0 Å². The van der Waals surface area contributed by atoms with Gasteiger partial charge in [-0.1, -0.05) is 18.2 Å². The summed E-state index contributed by atoms with van der Waals surface area (Å²) in [5.74, 6) is 0.537. The molecular formula is C15H14F3NO2. The summed E-state index contributed by atoms with van der Waals surface area (Å²) in [6.07, 6.45) is -4.35. The predicted octanol–water partition coefficient (Wildman–Crippen LogP) is 4.26. The fourth-order valence-corrected chi connectivity index (χ4v) is 1.77. The van der Waals surface area contributed by atoms with Crippen LogP contribution >= 0.6 is 0 Å². The maximum Gasteiger partial charge on any atom is 0.416 e. The molecule has 0 aromatic heterocycles. The van der Waals surface area contributed by atoms with Crippen molar-refractivity contribution in [2.45, 2.75) is 12.8 Å². The Hall–Kier alpha value is -2.21. The van der Waals surface area contributed by atoms with Crippen LogP contribution in [0.1, 0.15) is 11.1 Å². The Morgan fingerprint density at radius 3 is 2.52 bits per heavy atom. The summed E-state index contributed by atoms with van der Waals surface area (Å²) in [7, 11) is 1.48. The van der Waals surface area contributed by atoms with Gasteiger partial charge < -0.3 is 4.74 Å². The first-order valence-corrected chi connectivity index (χ1v) is 6.17. The topological polar surface area (TPSA) is 30.5 Å². The molecule has 6 heteroatoms. The average molecular weight is 297 g/mol. The monoisotopic (exact) mass is 297 g/mol. The summed E-state index contributed by atoms with van der Waals surface area (Å²) in [4.78, 5) is 4.77. The highest BCUT2D eigenvalue weighted by molar-refractivity contribution is 5.46. The lowest BCUT2D eigenvalue weighted by Gasteiger charge is -2.11. The largest absolute Gasteiger partial charge is 0.489 e. The highest BCUT2D eigenvalue weighted by atomic mass is 19.4. The lowest BCUT2D eigenvalue weighted by atomic mass is 10.1. The summed E-state index contributed by atoms with van der Waals surface area (Å²) >= 11 is 0. The molecular weight excluding hydrogens is 283 g/mol. The van der Waals surface area contributed by atoms with Gasteiger partial charge in [0.15, 0.2) is 0 Å². The molecule has 0 saturated heterocycles. The van der Waals surface area contributed by atoms with E-state index in [1.807, 2.05) is 0 Å². The summed E-state index contributed by atoms with van der Waals surface area (Å²) in [6, 6.07) is 12.0. The number of hydrogen-bond acceptors (Lipinski definition) is 3. The summed E-state index contributed by atoms with van der Waals surface area (Å²) in [6.45, 7) is 0.0559. The van der Waals surface area contributed by atoms with Crippen molar-refractivity contribution >= 4 is 5.69 Å². The van der Waals surface area contributed by atoms with Crippen LogP contribution in [-0.2, 0) is 17.6 Å². The van der Waals surface area contributed by atoms with Crippen LogP contribution in [0.2, 0.25) is 0 Å². The molecule has 0 aliphatic rings. The van der Waals surface area contributed by atoms with E-state index in [9.17, 15) is 13.2 Å². The zero-order chi connectivity index (χ0) is 15.3. The molecule has 0 spiro atoms. The number of halogens is 3. The van der Waals surface area contributed by atoms with Gasteiger partial charge in [-0.05, 0) is 29.8 Å². The van der Waals surface area contributed by atoms with E-state index >= 15 is 0 Å². The predicted molar refractivity (Wildman–Crippen MR) is 72.8 cm³/mol. The van der Waals surface area contributed by atoms with Crippen molar-refractivity contribution in [3.63, 3.8) is 0 Å². The summed E-state index contributed by atoms with van der Waals surface area (Å²) in [5, 5.41) is 0. The molecule has 1 N–H and O–H groups in total. The van der Waals surface area contributed by atoms with E-state index in [1.165, 1.54) is 13.2 Å². The van der Waals surface area contributed by atoms with Gasteiger partial charge in [0.25, 0.3) is 0 Å². The molecule has 21 heavy (non-hydrogen) atoms. The van der Waals surface area contributed by atoms with Crippen molar-refractivity contribution < 1.29 is 22.7 Å². The lowest BCUT2D eigenvalue weighted by molar-refractivity contribution is -0.137. The minimum atomic E-state index is -4.35. The van der Waals surface area contributed by atoms with E-state index in [1.54, 1.807) is 30.3 Å². The van der Waals surface area contributed by atoms with Gasteiger partial charge in [-0.2, -0.15) is 13.2 Å². The lowest BCUT2D eigenvalue weighted by Crippen LogP contribution is -2.06. The molecule has 2 rings (SSSR count). The van der Waals surface area contributed by atoms with Crippen LogP contribution in [0.25, 0.3) is 0 Å². The Balaban J connectivity index is 2.04. The van der Waals surface area contributed by atoms with Gasteiger partial charge in [-0.15, -0.1) is 0 Å². The second kappa shape index (κ2) is 6.49. The van der Waals surface area contributed by atoms with E-state index in [4.69, 9.17) is 9.57 Å². The zero-order valence-corrected chi connectivity index (χ0v) is 11.3. The molecule has 2 aromatic rings. The zero-order valence-electron chi connectivity index (χ0n) is 11.3. The smallest absolute Gasteiger partial charge is 0.416 e. The molecule has 2 aromatic carbocycles. The first-order valence-electron chi connectivity index (χ1n) is 6.17. The Morgan fingerprint density at radius 1 is 1.05 bits per heavy atom. The van der Waals surface area contributed by atoms with Crippen molar-refractivity contribution in [1.29, 1.82) is 0 Å². The maximum atomic E-state index is 12.6. The van der Waals surface area contributed by atoms with Crippen molar-refractivity contribution in [3.05, 3.63) is 59.7 Å². The molecule has 0 saturated carbocycles. The van der Waals surface area contributed by atoms with E-state index in [0.29, 0.717) is 17.0 Å². The first-order chi connectivity index (χ1) is 9.99. The number of anilines is 1. The Labute approximate surface area is 120 Å². The molecule has 0 fully saturated rings. The average Bonchev–Trinajstić information content (AvgIpc) is 2.45. The van der Waals surface area contributed by atoms with Crippen molar-refractivity contribution in [3.8, 4) is 5.75 Å². The SMILES string of the molecule is CONc1cccc(OCc2cccc(C(F)(F)F)c2)c1. The third-order valence-electron chi connectivity index (χ3n) is 2.71. The standard InChI is InChI=1S/C15H14F3NO2/c1-20-19-13-6-3-7-14(9-13)21-10-11-4-2-5-12(8-11)15(16,17)18/h2-9,19H,10H2,1H3. The molecule has 0 radical (unpaired) electrons. The number of ether oxygens (including phenoxy) is 1. The molecule has 0 aliphatic heterocycles. The van der Waals surface area contributed by atoms with Crippen molar-refractivity contribution in [2.24, 2.45) is 0 Å². The van der Waals surface area contributed by atoms with E-state index in [0.717, 1.165) is 12.1 Å². The molecule has 0 unspecified atom stereocenters. The number of nitrogens with one attached hydrogen (secondary N) is 1. The molecule has 0 heterocycles. The number of rotatable bonds is 5. The minimum absolute atomic E-state index is 0.0559. The molecule has 0 aliphatic carbocycles. The Morgan fingerprint density at radius 2 is 1.81 bits per heavy atom. The highest BCUT2D eigenvalue weighted by Gasteiger charge is 2.30. The summed E-state index contributed by atoms with van der Waals surface area (Å²) < 4.78 is 43.3. The van der Waals surface area contributed by atoms with Gasteiger partial charge in [-0.25, -0.2) is 0 Å². The van der Waals surface area contributed by atoms with Crippen LogP contribution in [0.4, 0.5) is 18.9 Å². The fraction of sp³-hybridized carbons (Fsp3) is 0.200. The van der Waals surface area contributed by atoms with E-state index in [-0.39, 0.29) is 6.61 Å². The van der Waals surface area contributed by atoms with Crippen LogP contribution in [-0.4, -0.2) is 7.11 Å². The Kier molecular flexibility index (Phi) is 4.70.